The van der Waals surface area contributed by atoms with Crippen molar-refractivity contribution >= 4 is 11.9 Å². The Labute approximate surface area is 80.5 Å². The van der Waals surface area contributed by atoms with E-state index in [0.29, 0.717) is 12.8 Å². The van der Waals surface area contributed by atoms with E-state index in [1.807, 2.05) is 0 Å². The van der Waals surface area contributed by atoms with Crippen molar-refractivity contribution in [1.82, 2.24) is 0 Å². The first-order chi connectivity index (χ1) is 6.47. The monoisotopic (exact) mass is 200 g/mol. The molecular weight excluding hydrogens is 188 g/mol. The lowest BCUT2D eigenvalue weighted by atomic mass is 9.84. The highest BCUT2D eigenvalue weighted by Crippen LogP contribution is 2.39. The predicted molar refractivity (Wildman–Crippen MR) is 44.5 cm³/mol. The fourth-order valence-corrected chi connectivity index (χ4v) is 1.89. The first kappa shape index (κ1) is 9.42. The molecule has 2 aliphatic rings. The number of ether oxygens (including phenoxy) is 2. The smallest absolute Gasteiger partial charge is 0.410 e. The molecule has 0 unspecified atom stereocenters. The lowest BCUT2D eigenvalue weighted by molar-refractivity contribution is -0.220. The molecule has 0 bridgehead atoms. The molecule has 2 fully saturated rings. The second kappa shape index (κ2) is 2.68. The van der Waals surface area contributed by atoms with E-state index in [4.69, 9.17) is 20.9 Å². The van der Waals surface area contributed by atoms with Gasteiger partial charge in [-0.15, -0.1) is 0 Å². The normalized spacial score (nSPS) is 28.7. The van der Waals surface area contributed by atoms with Gasteiger partial charge in [0.05, 0.1) is 0 Å². The van der Waals surface area contributed by atoms with Crippen molar-refractivity contribution in [3.63, 3.8) is 0 Å². The van der Waals surface area contributed by atoms with E-state index >= 15 is 0 Å². The molecule has 1 spiro atoms. The molecule has 4 N–H and O–H groups in total. The molecule has 1 saturated carbocycles. The Morgan fingerprint density at radius 2 is 1.50 bits per heavy atom. The molecule has 1 aliphatic heterocycles. The highest BCUT2D eigenvalue weighted by Gasteiger charge is 2.60. The second-order valence-electron chi connectivity index (χ2n) is 3.78. The minimum absolute atomic E-state index is 0.373. The maximum absolute atomic E-state index is 10.9. The second-order valence-corrected chi connectivity index (χ2v) is 3.78. The van der Waals surface area contributed by atoms with Gasteiger partial charge in [-0.1, -0.05) is 0 Å². The summed E-state index contributed by atoms with van der Waals surface area (Å²) < 4.78 is 9.71. The molecule has 14 heavy (non-hydrogen) atoms. The number of carbonyl (C=O) groups is 2. The van der Waals surface area contributed by atoms with Gasteiger partial charge in [0.2, 0.25) is 0 Å². The molecule has 0 radical (unpaired) electrons. The van der Waals surface area contributed by atoms with E-state index in [1.165, 1.54) is 0 Å². The van der Waals surface area contributed by atoms with Crippen molar-refractivity contribution in [2.75, 3.05) is 0 Å². The molecule has 0 atom stereocenters. The number of nitrogens with two attached hydrogens (primary N) is 2. The van der Waals surface area contributed by atoms with Crippen LogP contribution in [0.1, 0.15) is 25.7 Å². The molecular formula is C8H12N2O4. The van der Waals surface area contributed by atoms with Gasteiger partial charge in [0, 0.05) is 6.42 Å². The Hall–Kier alpha value is -1.14. The van der Waals surface area contributed by atoms with Gasteiger partial charge in [0.1, 0.15) is 5.66 Å². The molecule has 0 aromatic heterocycles. The van der Waals surface area contributed by atoms with Crippen molar-refractivity contribution in [3.05, 3.63) is 0 Å². The average molecular weight is 200 g/mol. The van der Waals surface area contributed by atoms with Crippen LogP contribution in [0.2, 0.25) is 0 Å². The minimum Gasteiger partial charge on any atom is -0.410 e. The Bertz CT molecular complexity index is 284. The van der Waals surface area contributed by atoms with Crippen LogP contribution >= 0.6 is 0 Å². The summed E-state index contributed by atoms with van der Waals surface area (Å²) in [4.78, 5) is 21.9. The van der Waals surface area contributed by atoms with Crippen LogP contribution < -0.4 is 11.5 Å². The quantitative estimate of drug-likeness (QED) is 0.294. The van der Waals surface area contributed by atoms with Crippen molar-refractivity contribution in [2.24, 2.45) is 11.5 Å². The third-order valence-corrected chi connectivity index (χ3v) is 2.74. The minimum atomic E-state index is -1.43. The van der Waals surface area contributed by atoms with Gasteiger partial charge < -0.3 is 20.9 Å². The molecule has 1 saturated heterocycles. The predicted octanol–water partition coefficient (Wildman–Crippen LogP) is -1.03. The summed E-state index contributed by atoms with van der Waals surface area (Å²) in [6.45, 7) is 0. The molecule has 2 rings (SSSR count). The van der Waals surface area contributed by atoms with Crippen molar-refractivity contribution in [3.8, 4) is 0 Å². The largest absolute Gasteiger partial charge is 0.421 e. The van der Waals surface area contributed by atoms with Crippen LogP contribution in [0.15, 0.2) is 0 Å². The number of hydrogen-bond donors (Lipinski definition) is 2. The molecule has 1 aliphatic carbocycles. The number of hydrogen-bond acceptors (Lipinski definition) is 6. The van der Waals surface area contributed by atoms with Gasteiger partial charge in [0.15, 0.2) is 0 Å². The van der Waals surface area contributed by atoms with Crippen molar-refractivity contribution < 1.29 is 19.1 Å². The first-order valence-corrected chi connectivity index (χ1v) is 4.51. The summed E-state index contributed by atoms with van der Waals surface area (Å²) in [5, 5.41) is 0. The van der Waals surface area contributed by atoms with E-state index in [9.17, 15) is 9.59 Å². The highest BCUT2D eigenvalue weighted by molar-refractivity contribution is 6.31. The number of carbonyl (C=O) groups excluding carboxylic acids is 2. The summed E-state index contributed by atoms with van der Waals surface area (Å²) in [6, 6.07) is 0. The van der Waals surface area contributed by atoms with Crippen LogP contribution in [-0.4, -0.2) is 23.4 Å². The van der Waals surface area contributed by atoms with Crippen LogP contribution in [0.25, 0.3) is 0 Å². The fraction of sp³-hybridized carbons (Fsp3) is 0.750. The summed E-state index contributed by atoms with van der Waals surface area (Å²) in [5.74, 6) is -3.45. The zero-order valence-corrected chi connectivity index (χ0v) is 7.62. The van der Waals surface area contributed by atoms with E-state index in [0.717, 1.165) is 12.8 Å². The van der Waals surface area contributed by atoms with E-state index in [-0.39, 0.29) is 0 Å². The average Bonchev–Trinajstić information content (AvgIpc) is 2.37. The lowest BCUT2D eigenvalue weighted by Crippen LogP contribution is -2.69. The van der Waals surface area contributed by atoms with E-state index in [1.54, 1.807) is 0 Å². The van der Waals surface area contributed by atoms with Crippen LogP contribution in [0.5, 0.6) is 0 Å². The molecule has 0 aromatic rings. The maximum Gasteiger partial charge on any atom is 0.421 e. The molecule has 0 aromatic carbocycles. The van der Waals surface area contributed by atoms with Gasteiger partial charge >= 0.3 is 11.9 Å². The molecule has 1 heterocycles. The third-order valence-electron chi connectivity index (χ3n) is 2.74. The first-order valence-electron chi connectivity index (χ1n) is 4.51. The number of esters is 2. The summed E-state index contributed by atoms with van der Waals surface area (Å²) in [5.41, 5.74) is 10.3. The maximum atomic E-state index is 10.9. The Balaban J connectivity index is 2.30. The van der Waals surface area contributed by atoms with Crippen LogP contribution in [-0.2, 0) is 19.1 Å². The standard InChI is InChI=1S/C8H12N2O4/c9-7(10)3-1-2-4-8(7)13-5(11)6(12)14-8/h1-4,9-10H2. The van der Waals surface area contributed by atoms with Gasteiger partial charge in [-0.2, -0.15) is 0 Å². The van der Waals surface area contributed by atoms with Crippen LogP contribution in [0, 0.1) is 0 Å². The fourth-order valence-electron chi connectivity index (χ4n) is 1.89. The summed E-state index contributed by atoms with van der Waals surface area (Å²) in [7, 11) is 0. The lowest BCUT2D eigenvalue weighted by Gasteiger charge is -2.42. The molecule has 6 heteroatoms. The topological polar surface area (TPSA) is 105 Å². The van der Waals surface area contributed by atoms with E-state index < -0.39 is 23.4 Å². The van der Waals surface area contributed by atoms with Crippen LogP contribution in [0.4, 0.5) is 0 Å². The Morgan fingerprint density at radius 3 is 2.00 bits per heavy atom. The van der Waals surface area contributed by atoms with Gasteiger partial charge in [-0.05, 0) is 19.3 Å². The van der Waals surface area contributed by atoms with Gasteiger partial charge in [-0.3, -0.25) is 0 Å². The SMILES string of the molecule is NC1(N)CCCCC12OC(=O)C(=O)O2. The van der Waals surface area contributed by atoms with Crippen molar-refractivity contribution in [1.29, 1.82) is 0 Å². The third kappa shape index (κ3) is 1.11. The zero-order chi connectivity index (χ0) is 10.4. The van der Waals surface area contributed by atoms with Crippen molar-refractivity contribution in [2.45, 2.75) is 37.1 Å². The summed E-state index contributed by atoms with van der Waals surface area (Å²) in [6.07, 6.45) is 2.45. The highest BCUT2D eigenvalue weighted by atomic mass is 16.8. The van der Waals surface area contributed by atoms with Gasteiger partial charge in [0.25, 0.3) is 5.79 Å². The van der Waals surface area contributed by atoms with Gasteiger partial charge in [-0.25, -0.2) is 9.59 Å². The summed E-state index contributed by atoms with van der Waals surface area (Å²) >= 11 is 0. The van der Waals surface area contributed by atoms with Crippen LogP contribution in [0.3, 0.4) is 0 Å². The number of rotatable bonds is 0. The molecule has 6 nitrogen and oxygen atoms in total. The Kier molecular flexibility index (Phi) is 1.80. The zero-order valence-electron chi connectivity index (χ0n) is 7.62. The molecule has 78 valence electrons. The van der Waals surface area contributed by atoms with E-state index in [2.05, 4.69) is 0 Å². The Morgan fingerprint density at radius 1 is 1.00 bits per heavy atom. The molecule has 0 amide bonds.